The molecule has 2 N–H and O–H groups in total. The van der Waals surface area contributed by atoms with Gasteiger partial charge in [-0.05, 0) is 39.2 Å². The van der Waals surface area contributed by atoms with E-state index in [1.165, 1.54) is 16.7 Å². The summed E-state index contributed by atoms with van der Waals surface area (Å²) >= 11 is 0. The molecule has 1 aliphatic rings. The first kappa shape index (κ1) is 15.5. The maximum Gasteiger partial charge on any atom is 0.0599 e. The number of rotatable bonds is 5. The Morgan fingerprint density at radius 2 is 1.80 bits per heavy atom. The van der Waals surface area contributed by atoms with Crippen molar-refractivity contribution >= 4 is 0 Å². The first-order valence-corrected chi connectivity index (χ1v) is 7.76. The molecule has 3 heteroatoms. The lowest BCUT2D eigenvalue weighted by atomic mass is 10.0. The van der Waals surface area contributed by atoms with E-state index in [0.29, 0.717) is 6.10 Å². The molecule has 0 amide bonds. The fraction of sp³-hybridized carbons (Fsp3) is 0.647. The SMILES string of the molecule is CCOC1CCN(CC(N)c2cc(C)cc(C)c2)CC1. The van der Waals surface area contributed by atoms with Crippen molar-refractivity contribution in [2.24, 2.45) is 5.73 Å². The Morgan fingerprint density at radius 1 is 1.20 bits per heavy atom. The predicted molar refractivity (Wildman–Crippen MR) is 83.9 cm³/mol. The van der Waals surface area contributed by atoms with E-state index in [1.54, 1.807) is 0 Å². The van der Waals surface area contributed by atoms with Gasteiger partial charge in [-0.2, -0.15) is 0 Å². The molecule has 1 aromatic carbocycles. The zero-order valence-corrected chi connectivity index (χ0v) is 13.1. The van der Waals surface area contributed by atoms with Crippen LogP contribution in [0.5, 0.6) is 0 Å². The molecule has 3 nitrogen and oxygen atoms in total. The van der Waals surface area contributed by atoms with Gasteiger partial charge in [-0.1, -0.05) is 29.3 Å². The van der Waals surface area contributed by atoms with Crippen molar-refractivity contribution < 1.29 is 4.74 Å². The zero-order valence-electron chi connectivity index (χ0n) is 13.1. The van der Waals surface area contributed by atoms with E-state index in [0.717, 1.165) is 39.1 Å². The van der Waals surface area contributed by atoms with Gasteiger partial charge in [0.25, 0.3) is 0 Å². The van der Waals surface area contributed by atoms with Crippen molar-refractivity contribution in [3.05, 3.63) is 34.9 Å². The third-order valence-electron chi connectivity index (χ3n) is 4.06. The van der Waals surface area contributed by atoms with Crippen molar-refractivity contribution in [3.8, 4) is 0 Å². The lowest BCUT2D eigenvalue weighted by Gasteiger charge is -2.33. The molecule has 1 heterocycles. The van der Waals surface area contributed by atoms with E-state index in [-0.39, 0.29) is 6.04 Å². The fourth-order valence-corrected chi connectivity index (χ4v) is 3.10. The topological polar surface area (TPSA) is 38.5 Å². The van der Waals surface area contributed by atoms with Crippen molar-refractivity contribution in [3.63, 3.8) is 0 Å². The van der Waals surface area contributed by atoms with Crippen LogP contribution in [0.4, 0.5) is 0 Å². The standard InChI is InChI=1S/C17H28N2O/c1-4-20-16-5-7-19(8-6-16)12-17(18)15-10-13(2)9-14(3)11-15/h9-11,16-17H,4-8,12,18H2,1-3H3. The molecule has 112 valence electrons. The largest absolute Gasteiger partial charge is 0.378 e. The van der Waals surface area contributed by atoms with Crippen LogP contribution in [0.25, 0.3) is 0 Å². The minimum atomic E-state index is 0.109. The number of benzene rings is 1. The number of hydrogen-bond donors (Lipinski definition) is 1. The van der Waals surface area contributed by atoms with Gasteiger partial charge in [0.05, 0.1) is 6.10 Å². The molecule has 2 rings (SSSR count). The van der Waals surface area contributed by atoms with Crippen LogP contribution in [0.2, 0.25) is 0 Å². The summed E-state index contributed by atoms with van der Waals surface area (Å²) in [5.41, 5.74) is 10.2. The number of nitrogens with two attached hydrogens (primary N) is 1. The van der Waals surface area contributed by atoms with Crippen molar-refractivity contribution in [2.45, 2.75) is 45.8 Å². The highest BCUT2D eigenvalue weighted by Crippen LogP contribution is 2.19. The summed E-state index contributed by atoms with van der Waals surface area (Å²) in [7, 11) is 0. The van der Waals surface area contributed by atoms with E-state index in [9.17, 15) is 0 Å². The summed E-state index contributed by atoms with van der Waals surface area (Å²) in [6.45, 7) is 10.3. The minimum absolute atomic E-state index is 0.109. The maximum atomic E-state index is 6.38. The molecule has 0 spiro atoms. The number of hydrogen-bond acceptors (Lipinski definition) is 3. The van der Waals surface area contributed by atoms with Gasteiger partial charge in [0, 0.05) is 32.3 Å². The summed E-state index contributed by atoms with van der Waals surface area (Å²) in [5, 5.41) is 0. The highest BCUT2D eigenvalue weighted by Gasteiger charge is 2.21. The quantitative estimate of drug-likeness (QED) is 0.898. The molecule has 20 heavy (non-hydrogen) atoms. The Bertz CT molecular complexity index is 405. The predicted octanol–water partition coefficient (Wildman–Crippen LogP) is 2.80. The Balaban J connectivity index is 1.87. The lowest BCUT2D eigenvalue weighted by molar-refractivity contribution is 0.0131. The normalized spacial score (nSPS) is 19.2. The van der Waals surface area contributed by atoms with Crippen molar-refractivity contribution in [1.82, 2.24) is 4.90 Å². The monoisotopic (exact) mass is 276 g/mol. The van der Waals surface area contributed by atoms with Crippen molar-refractivity contribution in [2.75, 3.05) is 26.2 Å². The Labute approximate surface area is 123 Å². The molecule has 1 aliphatic heterocycles. The zero-order chi connectivity index (χ0) is 14.5. The first-order valence-electron chi connectivity index (χ1n) is 7.76. The molecule has 1 fully saturated rings. The van der Waals surface area contributed by atoms with Gasteiger partial charge >= 0.3 is 0 Å². The summed E-state index contributed by atoms with van der Waals surface area (Å²) in [6.07, 6.45) is 2.72. The molecule has 0 saturated carbocycles. The first-order chi connectivity index (χ1) is 9.58. The lowest BCUT2D eigenvalue weighted by Crippen LogP contribution is -2.40. The average Bonchev–Trinajstić information content (AvgIpc) is 2.40. The molecule has 1 aromatic rings. The smallest absolute Gasteiger partial charge is 0.0599 e. The van der Waals surface area contributed by atoms with Crippen LogP contribution in [0.1, 0.15) is 42.5 Å². The van der Waals surface area contributed by atoms with Crippen LogP contribution in [0.3, 0.4) is 0 Å². The fourth-order valence-electron chi connectivity index (χ4n) is 3.10. The highest BCUT2D eigenvalue weighted by molar-refractivity contribution is 5.30. The van der Waals surface area contributed by atoms with E-state index in [4.69, 9.17) is 10.5 Å². The molecule has 0 radical (unpaired) electrons. The summed E-state index contributed by atoms with van der Waals surface area (Å²) in [4.78, 5) is 2.47. The molecular formula is C17H28N2O. The van der Waals surface area contributed by atoms with Crippen molar-refractivity contribution in [1.29, 1.82) is 0 Å². The third kappa shape index (κ3) is 4.30. The van der Waals surface area contributed by atoms with E-state index in [2.05, 4.69) is 43.9 Å². The molecule has 0 aromatic heterocycles. The summed E-state index contributed by atoms with van der Waals surface area (Å²) in [5.74, 6) is 0. The molecule has 1 saturated heterocycles. The second-order valence-corrected chi connectivity index (χ2v) is 5.98. The van der Waals surface area contributed by atoms with Gasteiger partial charge in [-0.25, -0.2) is 0 Å². The molecular weight excluding hydrogens is 248 g/mol. The number of aryl methyl sites for hydroxylation is 2. The minimum Gasteiger partial charge on any atom is -0.378 e. The summed E-state index contributed by atoms with van der Waals surface area (Å²) in [6, 6.07) is 6.73. The molecule has 0 bridgehead atoms. The van der Waals surface area contributed by atoms with Gasteiger partial charge in [0.1, 0.15) is 0 Å². The van der Waals surface area contributed by atoms with E-state index in [1.807, 2.05) is 0 Å². The second-order valence-electron chi connectivity index (χ2n) is 5.98. The second kappa shape index (κ2) is 7.21. The highest BCUT2D eigenvalue weighted by atomic mass is 16.5. The van der Waals surface area contributed by atoms with Gasteiger partial charge in [0.15, 0.2) is 0 Å². The third-order valence-corrected chi connectivity index (χ3v) is 4.06. The maximum absolute atomic E-state index is 6.38. The van der Waals surface area contributed by atoms with Crippen LogP contribution in [-0.2, 0) is 4.74 Å². The van der Waals surface area contributed by atoms with E-state index < -0.39 is 0 Å². The molecule has 1 unspecified atom stereocenters. The number of ether oxygens (including phenoxy) is 1. The Kier molecular flexibility index (Phi) is 5.58. The van der Waals surface area contributed by atoms with Gasteiger partial charge in [-0.3, -0.25) is 0 Å². The van der Waals surface area contributed by atoms with Gasteiger partial charge < -0.3 is 15.4 Å². The molecule has 0 aliphatic carbocycles. The Hall–Kier alpha value is -0.900. The van der Waals surface area contributed by atoms with Gasteiger partial charge in [-0.15, -0.1) is 0 Å². The van der Waals surface area contributed by atoms with Crippen LogP contribution < -0.4 is 5.73 Å². The summed E-state index contributed by atoms with van der Waals surface area (Å²) < 4.78 is 5.69. The molecule has 1 atom stereocenters. The average molecular weight is 276 g/mol. The number of likely N-dealkylation sites (tertiary alicyclic amines) is 1. The van der Waals surface area contributed by atoms with Crippen LogP contribution in [-0.4, -0.2) is 37.2 Å². The van der Waals surface area contributed by atoms with Crippen LogP contribution in [0.15, 0.2) is 18.2 Å². The van der Waals surface area contributed by atoms with Crippen LogP contribution >= 0.6 is 0 Å². The van der Waals surface area contributed by atoms with E-state index >= 15 is 0 Å². The Morgan fingerprint density at radius 3 is 2.35 bits per heavy atom. The number of nitrogens with zero attached hydrogens (tertiary/aromatic N) is 1. The van der Waals surface area contributed by atoms with Gasteiger partial charge in [0.2, 0.25) is 0 Å². The van der Waals surface area contributed by atoms with Crippen LogP contribution in [0, 0.1) is 13.8 Å². The number of piperidine rings is 1.